The van der Waals surface area contributed by atoms with Crippen LogP contribution in [0.2, 0.25) is 0 Å². The van der Waals surface area contributed by atoms with Gasteiger partial charge in [-0.05, 0) is 48.0 Å². The third-order valence-corrected chi connectivity index (χ3v) is 3.02. The lowest BCUT2D eigenvalue weighted by atomic mass is 10.0. The zero-order valence-corrected chi connectivity index (χ0v) is 11.2. The highest BCUT2D eigenvalue weighted by molar-refractivity contribution is 9.10. The van der Waals surface area contributed by atoms with Crippen molar-refractivity contribution in [1.82, 2.24) is 5.32 Å². The molecular formula is C11H14BrN3O2. The Morgan fingerprint density at radius 3 is 2.41 bits per heavy atom. The van der Waals surface area contributed by atoms with Crippen molar-refractivity contribution in [3.63, 3.8) is 0 Å². The number of primary amides is 1. The van der Waals surface area contributed by atoms with Crippen LogP contribution in [0.1, 0.15) is 24.2 Å². The summed E-state index contributed by atoms with van der Waals surface area (Å²) in [6, 6.07) is 4.80. The summed E-state index contributed by atoms with van der Waals surface area (Å²) in [7, 11) is 0. The van der Waals surface area contributed by atoms with Gasteiger partial charge in [0.1, 0.15) is 5.54 Å². The Morgan fingerprint density at radius 1 is 1.35 bits per heavy atom. The number of nitrogen functional groups attached to an aromatic ring is 1. The largest absolute Gasteiger partial charge is 0.398 e. The van der Waals surface area contributed by atoms with Crippen molar-refractivity contribution in [2.75, 3.05) is 5.73 Å². The molecule has 0 saturated heterocycles. The number of carbonyl (C=O) groups is 2. The Bertz CT molecular complexity index is 472. The van der Waals surface area contributed by atoms with Crippen LogP contribution in [0.4, 0.5) is 5.69 Å². The Morgan fingerprint density at radius 2 is 1.94 bits per heavy atom. The first kappa shape index (κ1) is 13.5. The lowest BCUT2D eigenvalue weighted by Gasteiger charge is -2.22. The summed E-state index contributed by atoms with van der Waals surface area (Å²) in [5, 5.41) is 2.53. The van der Waals surface area contributed by atoms with E-state index in [1.807, 2.05) is 0 Å². The number of nitrogens with two attached hydrogens (primary N) is 2. The SMILES string of the molecule is CC(C)(NC(=O)c1ccc(Br)c(N)c1)C(N)=O. The zero-order valence-electron chi connectivity index (χ0n) is 9.58. The smallest absolute Gasteiger partial charge is 0.252 e. The number of hydrogen-bond donors (Lipinski definition) is 3. The third-order valence-electron chi connectivity index (χ3n) is 2.30. The molecule has 2 amide bonds. The number of amides is 2. The van der Waals surface area contributed by atoms with Gasteiger partial charge in [0.15, 0.2) is 0 Å². The van der Waals surface area contributed by atoms with E-state index in [4.69, 9.17) is 11.5 Å². The molecule has 5 N–H and O–H groups in total. The second kappa shape index (κ2) is 4.75. The van der Waals surface area contributed by atoms with Crippen molar-refractivity contribution in [2.24, 2.45) is 5.73 Å². The number of carbonyl (C=O) groups excluding carboxylic acids is 2. The summed E-state index contributed by atoms with van der Waals surface area (Å²) in [6.07, 6.45) is 0. The van der Waals surface area contributed by atoms with Crippen LogP contribution in [0, 0.1) is 0 Å². The van der Waals surface area contributed by atoms with Crippen LogP contribution in [0.3, 0.4) is 0 Å². The minimum Gasteiger partial charge on any atom is -0.398 e. The van der Waals surface area contributed by atoms with Crippen molar-refractivity contribution >= 4 is 33.4 Å². The average Bonchev–Trinajstić information content (AvgIpc) is 2.21. The topological polar surface area (TPSA) is 98.2 Å². The van der Waals surface area contributed by atoms with Gasteiger partial charge in [-0.1, -0.05) is 0 Å². The van der Waals surface area contributed by atoms with E-state index in [2.05, 4.69) is 21.2 Å². The molecule has 0 unspecified atom stereocenters. The normalized spacial score (nSPS) is 11.0. The molecule has 0 aliphatic carbocycles. The minimum atomic E-state index is -1.10. The second-order valence-electron chi connectivity index (χ2n) is 4.18. The minimum absolute atomic E-state index is 0.375. The maximum Gasteiger partial charge on any atom is 0.252 e. The van der Waals surface area contributed by atoms with Crippen LogP contribution in [0.5, 0.6) is 0 Å². The second-order valence-corrected chi connectivity index (χ2v) is 5.03. The highest BCUT2D eigenvalue weighted by Crippen LogP contribution is 2.20. The average molecular weight is 300 g/mol. The molecule has 17 heavy (non-hydrogen) atoms. The summed E-state index contributed by atoms with van der Waals surface area (Å²) in [6.45, 7) is 3.07. The molecule has 0 heterocycles. The van der Waals surface area contributed by atoms with E-state index >= 15 is 0 Å². The molecule has 1 aromatic rings. The van der Waals surface area contributed by atoms with Gasteiger partial charge in [0, 0.05) is 15.7 Å². The van der Waals surface area contributed by atoms with E-state index in [0.717, 1.165) is 0 Å². The zero-order chi connectivity index (χ0) is 13.2. The fourth-order valence-electron chi connectivity index (χ4n) is 1.10. The van der Waals surface area contributed by atoms with Crippen molar-refractivity contribution < 1.29 is 9.59 Å². The van der Waals surface area contributed by atoms with Crippen molar-refractivity contribution in [1.29, 1.82) is 0 Å². The van der Waals surface area contributed by atoms with Gasteiger partial charge in [0.05, 0.1) is 0 Å². The first-order chi connectivity index (χ1) is 7.74. The van der Waals surface area contributed by atoms with Crippen LogP contribution >= 0.6 is 15.9 Å². The maximum absolute atomic E-state index is 11.8. The molecule has 0 atom stereocenters. The first-order valence-corrected chi connectivity index (χ1v) is 5.71. The van der Waals surface area contributed by atoms with Crippen molar-refractivity contribution in [3.8, 4) is 0 Å². The van der Waals surface area contributed by atoms with E-state index in [-0.39, 0.29) is 0 Å². The fraction of sp³-hybridized carbons (Fsp3) is 0.273. The van der Waals surface area contributed by atoms with E-state index in [0.29, 0.717) is 15.7 Å². The fourth-order valence-corrected chi connectivity index (χ4v) is 1.35. The quantitative estimate of drug-likeness (QED) is 0.727. The van der Waals surface area contributed by atoms with Crippen LogP contribution < -0.4 is 16.8 Å². The molecule has 0 bridgehead atoms. The predicted octanol–water partition coefficient (Wildman–Crippen LogP) is 1.02. The van der Waals surface area contributed by atoms with E-state index in [1.165, 1.54) is 19.9 Å². The molecule has 0 spiro atoms. The van der Waals surface area contributed by atoms with Gasteiger partial charge in [-0.3, -0.25) is 9.59 Å². The third kappa shape index (κ3) is 3.20. The predicted molar refractivity (Wildman–Crippen MR) is 69.3 cm³/mol. The number of halogens is 1. The number of anilines is 1. The standard InChI is InChI=1S/C11H14BrN3O2/c1-11(2,10(14)17)15-9(16)6-3-4-7(12)8(13)5-6/h3-5H,13H2,1-2H3,(H2,14,17)(H,15,16). The molecule has 0 fully saturated rings. The number of hydrogen-bond acceptors (Lipinski definition) is 3. The van der Waals surface area contributed by atoms with Crippen LogP contribution in [0.15, 0.2) is 22.7 Å². The molecule has 0 saturated carbocycles. The molecule has 1 aromatic carbocycles. The van der Waals surface area contributed by atoms with Gasteiger partial charge in [-0.2, -0.15) is 0 Å². The molecule has 0 aliphatic rings. The van der Waals surface area contributed by atoms with Gasteiger partial charge in [-0.25, -0.2) is 0 Å². The van der Waals surface area contributed by atoms with Crippen molar-refractivity contribution in [2.45, 2.75) is 19.4 Å². The Hall–Kier alpha value is -1.56. The van der Waals surface area contributed by atoms with Gasteiger partial charge in [-0.15, -0.1) is 0 Å². The molecule has 0 radical (unpaired) electrons. The molecule has 0 aliphatic heterocycles. The van der Waals surface area contributed by atoms with Gasteiger partial charge < -0.3 is 16.8 Å². The lowest BCUT2D eigenvalue weighted by molar-refractivity contribution is -0.122. The summed E-state index contributed by atoms with van der Waals surface area (Å²) in [5.74, 6) is -0.996. The summed E-state index contributed by atoms with van der Waals surface area (Å²) in [4.78, 5) is 22.9. The number of nitrogens with one attached hydrogen (secondary N) is 1. The van der Waals surface area contributed by atoms with Crippen molar-refractivity contribution in [3.05, 3.63) is 28.2 Å². The highest BCUT2D eigenvalue weighted by Gasteiger charge is 2.27. The monoisotopic (exact) mass is 299 g/mol. The van der Waals surface area contributed by atoms with Crippen LogP contribution in [0.25, 0.3) is 0 Å². The Balaban J connectivity index is 2.91. The lowest BCUT2D eigenvalue weighted by Crippen LogP contribution is -2.53. The Kier molecular flexibility index (Phi) is 3.77. The summed E-state index contributed by atoms with van der Waals surface area (Å²) < 4.78 is 0.711. The number of benzene rings is 1. The highest BCUT2D eigenvalue weighted by atomic mass is 79.9. The van der Waals surface area contributed by atoms with E-state index in [9.17, 15) is 9.59 Å². The van der Waals surface area contributed by atoms with Gasteiger partial charge in [0.25, 0.3) is 5.91 Å². The molecule has 5 nitrogen and oxygen atoms in total. The molecule has 6 heteroatoms. The number of rotatable bonds is 3. The Labute approximate surface area is 108 Å². The molecule has 0 aromatic heterocycles. The van der Waals surface area contributed by atoms with Gasteiger partial charge in [0.2, 0.25) is 5.91 Å². The van der Waals surface area contributed by atoms with E-state index in [1.54, 1.807) is 12.1 Å². The first-order valence-electron chi connectivity index (χ1n) is 4.91. The molecular weight excluding hydrogens is 286 g/mol. The van der Waals surface area contributed by atoms with Gasteiger partial charge >= 0.3 is 0 Å². The summed E-state index contributed by atoms with van der Waals surface area (Å²) in [5.41, 5.74) is 10.6. The maximum atomic E-state index is 11.8. The summed E-state index contributed by atoms with van der Waals surface area (Å²) >= 11 is 3.23. The molecule has 92 valence electrons. The van der Waals surface area contributed by atoms with Crippen LogP contribution in [-0.4, -0.2) is 17.4 Å². The molecule has 1 rings (SSSR count). The van der Waals surface area contributed by atoms with E-state index < -0.39 is 17.4 Å². The van der Waals surface area contributed by atoms with Crippen LogP contribution in [-0.2, 0) is 4.79 Å².